The van der Waals surface area contributed by atoms with Gasteiger partial charge >= 0.3 is 5.97 Å². The van der Waals surface area contributed by atoms with E-state index in [9.17, 15) is 4.79 Å². The van der Waals surface area contributed by atoms with Crippen molar-refractivity contribution in [2.45, 2.75) is 91.3 Å². The topological polar surface area (TPSA) is 44.8 Å². The van der Waals surface area contributed by atoms with Gasteiger partial charge in [0.25, 0.3) is 0 Å². The van der Waals surface area contributed by atoms with E-state index < -0.39 is 22.6 Å². The zero-order valence-corrected chi connectivity index (χ0v) is 22.3. The monoisotopic (exact) mass is 436 g/mol. The predicted octanol–water partition coefficient (Wildman–Crippen LogP) is 7.07. The lowest BCUT2D eigenvalue weighted by Gasteiger charge is -2.38. The first-order chi connectivity index (χ1) is 12.9. The van der Waals surface area contributed by atoms with Crippen molar-refractivity contribution < 1.29 is 18.4 Å². The molecule has 0 aromatic heterocycles. The Hall–Kier alpha value is -1.54. The lowest BCUT2D eigenvalue weighted by Crippen LogP contribution is -2.44. The average Bonchev–Trinajstić information content (AvgIpc) is 2.49. The van der Waals surface area contributed by atoms with Gasteiger partial charge in [0, 0.05) is 11.6 Å². The molecular formula is C23H40O4Si2. The van der Waals surface area contributed by atoms with Crippen molar-refractivity contribution in [3.63, 3.8) is 0 Å². The van der Waals surface area contributed by atoms with Gasteiger partial charge in [-0.1, -0.05) is 48.1 Å². The summed E-state index contributed by atoms with van der Waals surface area (Å²) < 4.78 is 18.4. The summed E-state index contributed by atoms with van der Waals surface area (Å²) in [7, 11) is -4.03. The minimum absolute atomic E-state index is 0.0792. The van der Waals surface area contributed by atoms with Crippen LogP contribution in [0.15, 0.2) is 30.4 Å². The van der Waals surface area contributed by atoms with Crippen LogP contribution in [0.3, 0.4) is 0 Å². The van der Waals surface area contributed by atoms with Crippen LogP contribution in [0, 0.1) is 0 Å². The quantitative estimate of drug-likeness (QED) is 0.260. The van der Waals surface area contributed by atoms with Crippen molar-refractivity contribution in [3.05, 3.63) is 35.9 Å². The van der Waals surface area contributed by atoms with Crippen molar-refractivity contribution >= 4 is 22.6 Å². The normalized spacial score (nSPS) is 13.1. The van der Waals surface area contributed by atoms with Crippen molar-refractivity contribution in [3.8, 4) is 11.5 Å². The Morgan fingerprint density at radius 2 is 1.24 bits per heavy atom. The first-order valence-electron chi connectivity index (χ1n) is 10.2. The van der Waals surface area contributed by atoms with Crippen LogP contribution in [-0.4, -0.2) is 22.6 Å². The molecule has 1 aromatic rings. The summed E-state index contributed by atoms with van der Waals surface area (Å²) in [6.45, 7) is 27.6. The molecule has 1 rings (SSSR count). The van der Waals surface area contributed by atoms with Gasteiger partial charge in [0.2, 0.25) is 16.6 Å². The van der Waals surface area contributed by atoms with Crippen LogP contribution in [0.1, 0.15) is 54.0 Å². The molecule has 29 heavy (non-hydrogen) atoms. The Balaban J connectivity index is 3.28. The maximum Gasteiger partial charge on any atom is 0.333 e. The summed E-state index contributed by atoms with van der Waals surface area (Å²) in [5.74, 6) is 1.15. The lowest BCUT2D eigenvalue weighted by molar-refractivity contribution is -0.140. The molecule has 0 radical (unpaired) electrons. The van der Waals surface area contributed by atoms with Crippen LogP contribution in [0.5, 0.6) is 11.5 Å². The molecule has 0 aliphatic rings. The summed E-state index contributed by atoms with van der Waals surface area (Å²) in [6, 6.07) is 5.88. The number of hydrogen-bond acceptors (Lipinski definition) is 4. The Bertz CT molecular complexity index is 707. The molecule has 0 aliphatic heterocycles. The highest BCUT2D eigenvalue weighted by Gasteiger charge is 2.40. The summed E-state index contributed by atoms with van der Waals surface area (Å²) in [6.07, 6.45) is 0. The van der Waals surface area contributed by atoms with E-state index >= 15 is 0 Å². The molecule has 6 heteroatoms. The first-order valence-corrected chi connectivity index (χ1v) is 16.0. The fourth-order valence-electron chi connectivity index (χ4n) is 2.00. The largest absolute Gasteiger partial charge is 0.543 e. The van der Waals surface area contributed by atoms with Crippen LogP contribution in [0.4, 0.5) is 0 Å². The maximum absolute atomic E-state index is 11.8. The molecule has 0 amide bonds. The summed E-state index contributed by atoms with van der Waals surface area (Å²) in [5, 5.41) is 0.158. The van der Waals surface area contributed by atoms with Gasteiger partial charge in [-0.05, 0) is 60.9 Å². The first kappa shape index (κ1) is 25.5. The van der Waals surface area contributed by atoms with Crippen LogP contribution < -0.4 is 8.85 Å². The molecule has 0 atom stereocenters. The van der Waals surface area contributed by atoms with E-state index in [0.717, 1.165) is 17.1 Å². The van der Waals surface area contributed by atoms with E-state index in [2.05, 4.69) is 74.3 Å². The van der Waals surface area contributed by atoms with E-state index in [-0.39, 0.29) is 16.7 Å². The van der Waals surface area contributed by atoms with Crippen LogP contribution in [-0.2, 0) is 16.1 Å². The third-order valence-electron chi connectivity index (χ3n) is 6.02. The number of rotatable bonds is 7. The Morgan fingerprint density at radius 3 is 1.55 bits per heavy atom. The number of benzene rings is 1. The highest BCUT2D eigenvalue weighted by Crippen LogP contribution is 2.40. The number of ether oxygens (including phenoxy) is 1. The lowest BCUT2D eigenvalue weighted by atomic mass is 10.2. The number of carbonyl (C=O) groups is 1. The molecule has 0 saturated carbocycles. The fraction of sp³-hybridized carbons (Fsp3) is 0.609. The van der Waals surface area contributed by atoms with E-state index in [4.69, 9.17) is 13.6 Å². The Morgan fingerprint density at radius 1 is 0.862 bits per heavy atom. The van der Waals surface area contributed by atoms with Crippen molar-refractivity contribution in [1.82, 2.24) is 0 Å². The molecule has 0 heterocycles. The number of carbonyl (C=O) groups excluding carboxylic acids is 1. The third-order valence-corrected chi connectivity index (χ3v) is 14.7. The molecule has 164 valence electrons. The molecular weight excluding hydrogens is 396 g/mol. The van der Waals surface area contributed by atoms with Crippen molar-refractivity contribution in [1.29, 1.82) is 0 Å². The molecule has 0 unspecified atom stereocenters. The SMILES string of the molecule is C=C(C)C(=O)OCc1cc(O[Si](C)(C)C(C)(C)C)cc(O[Si](C)(C)C(C)(C)C)c1. The van der Waals surface area contributed by atoms with Gasteiger partial charge in [-0.3, -0.25) is 0 Å². The number of hydrogen-bond donors (Lipinski definition) is 0. The second kappa shape index (κ2) is 8.68. The van der Waals surface area contributed by atoms with E-state index in [1.807, 2.05) is 18.2 Å². The van der Waals surface area contributed by atoms with Crippen LogP contribution >= 0.6 is 0 Å². The maximum atomic E-state index is 11.8. The van der Waals surface area contributed by atoms with Crippen LogP contribution in [0.25, 0.3) is 0 Å². The zero-order valence-electron chi connectivity index (χ0n) is 20.3. The van der Waals surface area contributed by atoms with Crippen molar-refractivity contribution in [2.75, 3.05) is 0 Å². The average molecular weight is 437 g/mol. The molecule has 0 spiro atoms. The predicted molar refractivity (Wildman–Crippen MR) is 127 cm³/mol. The van der Waals surface area contributed by atoms with Gasteiger partial charge < -0.3 is 13.6 Å². The molecule has 4 nitrogen and oxygen atoms in total. The standard InChI is InChI=1S/C23H40O4Si2/c1-17(2)21(24)25-16-18-13-19(26-28(9,10)22(3,4)5)15-20(14-18)27-29(11,12)23(6,7)8/h13-15H,1,16H2,2-12H3. The highest BCUT2D eigenvalue weighted by atomic mass is 28.4. The molecule has 0 fully saturated rings. The van der Waals surface area contributed by atoms with Crippen LogP contribution in [0.2, 0.25) is 36.3 Å². The number of esters is 1. The molecule has 0 saturated heterocycles. The summed E-state index contributed by atoms with van der Waals surface area (Å²) >= 11 is 0. The van der Waals surface area contributed by atoms with Gasteiger partial charge in [0.15, 0.2) is 0 Å². The van der Waals surface area contributed by atoms with Gasteiger partial charge in [-0.25, -0.2) is 4.79 Å². The second-order valence-corrected chi connectivity index (χ2v) is 20.3. The molecule has 0 N–H and O–H groups in total. The zero-order chi connectivity index (χ0) is 22.8. The highest BCUT2D eigenvalue weighted by molar-refractivity contribution is 6.75. The minimum atomic E-state index is -2.02. The summed E-state index contributed by atoms with van der Waals surface area (Å²) in [4.78, 5) is 11.8. The van der Waals surface area contributed by atoms with Gasteiger partial charge in [0.1, 0.15) is 18.1 Å². The molecule has 0 aliphatic carbocycles. The molecule has 0 bridgehead atoms. The second-order valence-electron chi connectivity index (χ2n) is 10.9. The van der Waals surface area contributed by atoms with E-state index in [1.165, 1.54) is 0 Å². The third kappa shape index (κ3) is 7.03. The summed E-state index contributed by atoms with van der Waals surface area (Å²) in [5.41, 5.74) is 1.24. The smallest absolute Gasteiger partial charge is 0.333 e. The Labute approximate surface area is 179 Å². The fourth-order valence-corrected chi connectivity index (χ4v) is 4.03. The van der Waals surface area contributed by atoms with Gasteiger partial charge in [-0.15, -0.1) is 0 Å². The van der Waals surface area contributed by atoms with E-state index in [1.54, 1.807) is 6.92 Å². The molecule has 1 aromatic carbocycles. The van der Waals surface area contributed by atoms with E-state index in [0.29, 0.717) is 5.57 Å². The Kier molecular flexibility index (Phi) is 7.63. The minimum Gasteiger partial charge on any atom is -0.543 e. The van der Waals surface area contributed by atoms with Crippen molar-refractivity contribution in [2.24, 2.45) is 0 Å². The van der Waals surface area contributed by atoms with Gasteiger partial charge in [-0.2, -0.15) is 0 Å². The van der Waals surface area contributed by atoms with Gasteiger partial charge in [0.05, 0.1) is 0 Å².